The molecule has 6 aromatic rings. The summed E-state index contributed by atoms with van der Waals surface area (Å²) < 4.78 is 0. The van der Waals surface area contributed by atoms with Gasteiger partial charge in [0.1, 0.15) is 0 Å². The Balaban J connectivity index is 1.57. The number of nitrogens with zero attached hydrogens (tertiary/aromatic N) is 1. The Kier molecular flexibility index (Phi) is 4.25. The molecule has 0 spiro atoms. The molecule has 0 bridgehead atoms. The van der Waals surface area contributed by atoms with Gasteiger partial charge in [0.2, 0.25) is 0 Å². The molecule has 0 radical (unpaired) electrons. The molecule has 1 heterocycles. The Bertz CT molecular complexity index is 1700. The van der Waals surface area contributed by atoms with E-state index in [0.717, 1.165) is 5.52 Å². The zero-order valence-electron chi connectivity index (χ0n) is 19.9. The monoisotopic (exact) mass is 447 g/mol. The van der Waals surface area contributed by atoms with Gasteiger partial charge in [0, 0.05) is 22.6 Å². The molecule has 5 aromatic carbocycles. The summed E-state index contributed by atoms with van der Waals surface area (Å²) in [5.41, 5.74) is 11.4. The Morgan fingerprint density at radius 3 is 2.00 bits per heavy atom. The molecule has 35 heavy (non-hydrogen) atoms. The lowest BCUT2D eigenvalue weighted by Crippen LogP contribution is -2.14. The number of aromatic nitrogens is 1. The van der Waals surface area contributed by atoms with E-state index >= 15 is 0 Å². The van der Waals surface area contributed by atoms with Crippen molar-refractivity contribution in [2.24, 2.45) is 0 Å². The first-order valence-electron chi connectivity index (χ1n) is 12.2. The maximum atomic E-state index is 4.93. The van der Waals surface area contributed by atoms with Crippen molar-refractivity contribution in [2.45, 2.75) is 19.3 Å². The van der Waals surface area contributed by atoms with Crippen LogP contribution in [-0.2, 0) is 5.41 Å². The number of pyridine rings is 1. The zero-order chi connectivity index (χ0) is 23.6. The lowest BCUT2D eigenvalue weighted by atomic mass is 9.81. The fourth-order valence-corrected chi connectivity index (χ4v) is 6.07. The third kappa shape index (κ3) is 2.85. The minimum absolute atomic E-state index is 0.0320. The molecule has 1 nitrogen and oxygen atoms in total. The maximum Gasteiger partial charge on any atom is 0.0792 e. The van der Waals surface area contributed by atoms with E-state index < -0.39 is 0 Å². The third-order valence-corrected chi connectivity index (χ3v) is 7.71. The Morgan fingerprint density at radius 1 is 0.514 bits per heavy atom. The van der Waals surface area contributed by atoms with E-state index in [1.807, 2.05) is 6.20 Å². The molecule has 0 saturated heterocycles. The normalized spacial score (nSPS) is 13.7. The van der Waals surface area contributed by atoms with Crippen molar-refractivity contribution in [3.05, 3.63) is 127 Å². The predicted molar refractivity (Wildman–Crippen MR) is 148 cm³/mol. The van der Waals surface area contributed by atoms with Gasteiger partial charge < -0.3 is 0 Å². The molecular formula is C34H25N. The van der Waals surface area contributed by atoms with Crippen molar-refractivity contribution in [3.8, 4) is 33.4 Å². The second-order valence-electron chi connectivity index (χ2n) is 9.99. The van der Waals surface area contributed by atoms with Gasteiger partial charge >= 0.3 is 0 Å². The molecule has 1 aliphatic rings. The second kappa shape index (κ2) is 7.38. The quantitative estimate of drug-likeness (QED) is 0.241. The average Bonchev–Trinajstić information content (AvgIpc) is 3.14. The Morgan fingerprint density at radius 2 is 1.17 bits per heavy atom. The second-order valence-corrected chi connectivity index (χ2v) is 9.99. The van der Waals surface area contributed by atoms with E-state index in [1.165, 1.54) is 60.7 Å². The van der Waals surface area contributed by atoms with Crippen molar-refractivity contribution < 1.29 is 0 Å². The van der Waals surface area contributed by atoms with Crippen LogP contribution in [0.4, 0.5) is 0 Å². The highest BCUT2D eigenvalue weighted by atomic mass is 14.7. The van der Waals surface area contributed by atoms with Gasteiger partial charge in [0.05, 0.1) is 5.52 Å². The van der Waals surface area contributed by atoms with E-state index in [0.29, 0.717) is 0 Å². The van der Waals surface area contributed by atoms with E-state index in [-0.39, 0.29) is 5.41 Å². The largest absolute Gasteiger partial charge is 0.256 e. The molecule has 0 unspecified atom stereocenters. The lowest BCUT2D eigenvalue weighted by molar-refractivity contribution is 0.660. The maximum absolute atomic E-state index is 4.93. The van der Waals surface area contributed by atoms with Gasteiger partial charge in [-0.25, -0.2) is 0 Å². The van der Waals surface area contributed by atoms with Crippen LogP contribution in [0.2, 0.25) is 0 Å². The first-order chi connectivity index (χ1) is 17.1. The van der Waals surface area contributed by atoms with Gasteiger partial charge in [-0.05, 0) is 61.8 Å². The Labute approximate surface area is 205 Å². The standard InChI is InChI=1S/C34H25N/c1-34(2)29-17-9-8-13-24(29)25-19-18-23(21-30(25)34)31-26-14-6-7-15-27(26)32(22-11-4-3-5-12-22)33-28(31)16-10-20-35-33/h3-21H,1-2H3. The smallest absolute Gasteiger partial charge is 0.0792 e. The molecule has 0 saturated carbocycles. The number of hydrogen-bond donors (Lipinski definition) is 0. The van der Waals surface area contributed by atoms with E-state index in [1.54, 1.807) is 0 Å². The molecule has 0 fully saturated rings. The minimum atomic E-state index is -0.0320. The fourth-order valence-electron chi connectivity index (χ4n) is 6.07. The molecule has 1 aliphatic carbocycles. The topological polar surface area (TPSA) is 12.9 Å². The highest BCUT2D eigenvalue weighted by molar-refractivity contribution is 6.20. The third-order valence-electron chi connectivity index (χ3n) is 7.71. The molecule has 1 heteroatoms. The van der Waals surface area contributed by atoms with Gasteiger partial charge in [-0.15, -0.1) is 0 Å². The summed E-state index contributed by atoms with van der Waals surface area (Å²) in [5, 5.41) is 3.70. The summed E-state index contributed by atoms with van der Waals surface area (Å²) in [6, 6.07) is 39.6. The van der Waals surface area contributed by atoms with Crippen LogP contribution >= 0.6 is 0 Å². The molecule has 7 rings (SSSR count). The molecule has 0 N–H and O–H groups in total. The van der Waals surface area contributed by atoms with Gasteiger partial charge in [-0.2, -0.15) is 0 Å². The Hall–Kier alpha value is -4.23. The van der Waals surface area contributed by atoms with Crippen molar-refractivity contribution in [1.82, 2.24) is 4.98 Å². The molecule has 0 atom stereocenters. The van der Waals surface area contributed by atoms with Crippen molar-refractivity contribution in [3.63, 3.8) is 0 Å². The van der Waals surface area contributed by atoms with Crippen LogP contribution in [0.5, 0.6) is 0 Å². The highest BCUT2D eigenvalue weighted by Crippen LogP contribution is 2.51. The fraction of sp³-hybridized carbons (Fsp3) is 0.0882. The predicted octanol–water partition coefficient (Wildman–Crippen LogP) is 9.03. The first-order valence-corrected chi connectivity index (χ1v) is 12.2. The van der Waals surface area contributed by atoms with Crippen LogP contribution in [0.1, 0.15) is 25.0 Å². The van der Waals surface area contributed by atoms with Crippen LogP contribution in [-0.4, -0.2) is 4.98 Å². The first kappa shape index (κ1) is 20.2. The van der Waals surface area contributed by atoms with Crippen molar-refractivity contribution >= 4 is 21.7 Å². The average molecular weight is 448 g/mol. The zero-order valence-corrected chi connectivity index (χ0v) is 19.9. The molecular weight excluding hydrogens is 422 g/mol. The molecule has 0 amide bonds. The number of rotatable bonds is 2. The summed E-state index contributed by atoms with van der Waals surface area (Å²) in [6.45, 7) is 4.69. The number of hydrogen-bond acceptors (Lipinski definition) is 1. The van der Waals surface area contributed by atoms with E-state index in [4.69, 9.17) is 4.98 Å². The van der Waals surface area contributed by atoms with Gasteiger partial charge in [-0.3, -0.25) is 4.98 Å². The molecule has 1 aromatic heterocycles. The van der Waals surface area contributed by atoms with Crippen LogP contribution in [0.25, 0.3) is 55.1 Å². The number of fused-ring (bicyclic) bond motifs is 5. The molecule has 0 aliphatic heterocycles. The number of benzene rings is 5. The van der Waals surface area contributed by atoms with Crippen LogP contribution in [0.3, 0.4) is 0 Å². The summed E-state index contributed by atoms with van der Waals surface area (Å²) in [5.74, 6) is 0. The van der Waals surface area contributed by atoms with Gasteiger partial charge in [-0.1, -0.05) is 111 Å². The van der Waals surface area contributed by atoms with Crippen LogP contribution in [0, 0.1) is 0 Å². The highest BCUT2D eigenvalue weighted by Gasteiger charge is 2.35. The summed E-state index contributed by atoms with van der Waals surface area (Å²) in [7, 11) is 0. The van der Waals surface area contributed by atoms with E-state index in [9.17, 15) is 0 Å². The van der Waals surface area contributed by atoms with Gasteiger partial charge in [0.15, 0.2) is 0 Å². The summed E-state index contributed by atoms with van der Waals surface area (Å²) >= 11 is 0. The van der Waals surface area contributed by atoms with E-state index in [2.05, 4.69) is 123 Å². The van der Waals surface area contributed by atoms with Crippen LogP contribution < -0.4 is 0 Å². The molecule has 166 valence electrons. The summed E-state index contributed by atoms with van der Waals surface area (Å²) in [6.07, 6.45) is 1.91. The lowest BCUT2D eigenvalue weighted by Gasteiger charge is -2.23. The van der Waals surface area contributed by atoms with Gasteiger partial charge in [0.25, 0.3) is 0 Å². The van der Waals surface area contributed by atoms with Crippen LogP contribution in [0.15, 0.2) is 115 Å². The van der Waals surface area contributed by atoms with Crippen molar-refractivity contribution in [2.75, 3.05) is 0 Å². The minimum Gasteiger partial charge on any atom is -0.256 e. The van der Waals surface area contributed by atoms with Crippen molar-refractivity contribution in [1.29, 1.82) is 0 Å². The SMILES string of the molecule is CC1(C)c2ccccc2-c2ccc(-c3c4ccccc4c(-c4ccccc4)c4ncccc34)cc21. The summed E-state index contributed by atoms with van der Waals surface area (Å²) in [4.78, 5) is 4.93.